The number of carbonyl (C=O) groups excluding carboxylic acids is 1. The maximum atomic E-state index is 13.3. The van der Waals surface area contributed by atoms with E-state index in [0.29, 0.717) is 5.91 Å². The molecule has 0 spiro atoms. The molecule has 2 aliphatic rings. The van der Waals surface area contributed by atoms with Gasteiger partial charge in [0.1, 0.15) is 0 Å². The van der Waals surface area contributed by atoms with Crippen molar-refractivity contribution < 1.29 is 4.79 Å². The van der Waals surface area contributed by atoms with E-state index >= 15 is 0 Å². The second-order valence-corrected chi connectivity index (χ2v) is 8.32. The van der Waals surface area contributed by atoms with Crippen LogP contribution in [0.3, 0.4) is 0 Å². The number of carbonyl (C=O) groups is 1. The average molecular weight is 378 g/mol. The quantitative estimate of drug-likeness (QED) is 0.735. The first kappa shape index (κ1) is 19.1. The van der Waals surface area contributed by atoms with Gasteiger partial charge in [0, 0.05) is 45.1 Å². The predicted molar refractivity (Wildman–Crippen MR) is 113 cm³/mol. The van der Waals surface area contributed by atoms with E-state index in [4.69, 9.17) is 0 Å². The standard InChI is InChI=1S/C24H31N3O/c1-2-13-27-15-14-26(17-19-7-8-19)18-22(24(27)28)16-21-5-3-4-6-23(21)20-9-11-25-12-10-20/h3-6,9-12,19,22H,2,7-8,13-18H2,1H3. The van der Waals surface area contributed by atoms with Crippen LogP contribution in [-0.4, -0.2) is 53.4 Å². The Morgan fingerprint density at radius 2 is 1.86 bits per heavy atom. The van der Waals surface area contributed by atoms with Crippen LogP contribution in [-0.2, 0) is 11.2 Å². The van der Waals surface area contributed by atoms with Gasteiger partial charge >= 0.3 is 0 Å². The largest absolute Gasteiger partial charge is 0.341 e. The molecule has 4 heteroatoms. The average Bonchev–Trinajstić information content (AvgIpc) is 3.55. The van der Waals surface area contributed by atoms with Gasteiger partial charge in [0.15, 0.2) is 0 Å². The minimum absolute atomic E-state index is 0.0378. The topological polar surface area (TPSA) is 36.4 Å². The first-order valence-electron chi connectivity index (χ1n) is 10.7. The van der Waals surface area contributed by atoms with Gasteiger partial charge in [0.05, 0.1) is 5.92 Å². The molecule has 28 heavy (non-hydrogen) atoms. The van der Waals surface area contributed by atoms with Crippen molar-refractivity contribution in [2.75, 3.05) is 32.7 Å². The van der Waals surface area contributed by atoms with Crippen LogP contribution >= 0.6 is 0 Å². The van der Waals surface area contributed by atoms with Crippen molar-refractivity contribution >= 4 is 5.91 Å². The summed E-state index contributed by atoms with van der Waals surface area (Å²) in [6.07, 6.45) is 8.22. The summed E-state index contributed by atoms with van der Waals surface area (Å²) in [4.78, 5) is 22.1. The SMILES string of the molecule is CCCN1CCN(CC2CC2)CC(Cc2ccccc2-c2ccncc2)C1=O. The van der Waals surface area contributed by atoms with Crippen LogP contribution < -0.4 is 0 Å². The molecule has 4 rings (SSSR count). The lowest BCUT2D eigenvalue weighted by Crippen LogP contribution is -2.38. The number of amides is 1. The molecule has 1 aromatic heterocycles. The normalized spacial score (nSPS) is 21.0. The Labute approximate surface area is 168 Å². The third kappa shape index (κ3) is 4.61. The van der Waals surface area contributed by atoms with Crippen LogP contribution in [0.1, 0.15) is 31.7 Å². The van der Waals surface area contributed by atoms with Crippen molar-refractivity contribution in [2.24, 2.45) is 11.8 Å². The smallest absolute Gasteiger partial charge is 0.227 e. The highest BCUT2D eigenvalue weighted by Gasteiger charge is 2.33. The lowest BCUT2D eigenvalue weighted by molar-refractivity contribution is -0.134. The van der Waals surface area contributed by atoms with E-state index < -0.39 is 0 Å². The number of rotatable bonds is 7. The Balaban J connectivity index is 1.58. The minimum Gasteiger partial charge on any atom is -0.341 e. The molecule has 1 aliphatic carbocycles. The number of pyridine rings is 1. The Hall–Kier alpha value is -2.20. The Morgan fingerprint density at radius 1 is 1.07 bits per heavy atom. The molecule has 0 radical (unpaired) electrons. The van der Waals surface area contributed by atoms with E-state index in [0.717, 1.165) is 51.5 Å². The summed E-state index contributed by atoms with van der Waals surface area (Å²) in [7, 11) is 0. The number of hydrogen-bond acceptors (Lipinski definition) is 3. The molecule has 1 saturated carbocycles. The zero-order valence-electron chi connectivity index (χ0n) is 16.9. The van der Waals surface area contributed by atoms with Gasteiger partial charge in [0.2, 0.25) is 5.91 Å². The number of hydrogen-bond donors (Lipinski definition) is 0. The highest BCUT2D eigenvalue weighted by atomic mass is 16.2. The molecule has 1 amide bonds. The van der Waals surface area contributed by atoms with Gasteiger partial charge in [-0.3, -0.25) is 9.78 Å². The molecule has 2 fully saturated rings. The van der Waals surface area contributed by atoms with Crippen LogP contribution in [0.2, 0.25) is 0 Å². The van der Waals surface area contributed by atoms with Gasteiger partial charge in [-0.1, -0.05) is 31.2 Å². The summed E-state index contributed by atoms with van der Waals surface area (Å²) < 4.78 is 0. The minimum atomic E-state index is 0.0378. The summed E-state index contributed by atoms with van der Waals surface area (Å²) >= 11 is 0. The van der Waals surface area contributed by atoms with Crippen molar-refractivity contribution in [3.63, 3.8) is 0 Å². The summed E-state index contributed by atoms with van der Waals surface area (Å²) in [6, 6.07) is 12.6. The van der Waals surface area contributed by atoms with E-state index in [1.807, 2.05) is 12.4 Å². The van der Waals surface area contributed by atoms with Gasteiger partial charge in [-0.15, -0.1) is 0 Å². The number of aromatic nitrogens is 1. The van der Waals surface area contributed by atoms with E-state index in [9.17, 15) is 4.79 Å². The van der Waals surface area contributed by atoms with E-state index in [1.54, 1.807) is 0 Å². The molecule has 4 nitrogen and oxygen atoms in total. The predicted octanol–water partition coefficient (Wildman–Crippen LogP) is 3.87. The fourth-order valence-corrected chi connectivity index (χ4v) is 4.36. The van der Waals surface area contributed by atoms with Gasteiger partial charge in [-0.05, 0) is 60.4 Å². The highest BCUT2D eigenvalue weighted by molar-refractivity contribution is 5.80. The third-order valence-electron chi connectivity index (χ3n) is 6.01. The molecule has 1 atom stereocenters. The summed E-state index contributed by atoms with van der Waals surface area (Å²) in [5.41, 5.74) is 3.65. The molecule has 0 N–H and O–H groups in total. The van der Waals surface area contributed by atoms with Gasteiger partial charge in [0.25, 0.3) is 0 Å². The second kappa shape index (κ2) is 8.87. The molecule has 148 valence electrons. The van der Waals surface area contributed by atoms with E-state index in [-0.39, 0.29) is 5.92 Å². The maximum Gasteiger partial charge on any atom is 0.227 e. The van der Waals surface area contributed by atoms with E-state index in [2.05, 4.69) is 58.1 Å². The van der Waals surface area contributed by atoms with Crippen LogP contribution in [0.4, 0.5) is 0 Å². The molecule has 1 saturated heterocycles. The van der Waals surface area contributed by atoms with Crippen molar-refractivity contribution in [1.29, 1.82) is 0 Å². The number of nitrogens with zero attached hydrogens (tertiary/aromatic N) is 3. The van der Waals surface area contributed by atoms with Crippen LogP contribution in [0.25, 0.3) is 11.1 Å². The highest BCUT2D eigenvalue weighted by Crippen LogP contribution is 2.31. The fourth-order valence-electron chi connectivity index (χ4n) is 4.36. The van der Waals surface area contributed by atoms with Crippen LogP contribution in [0.5, 0.6) is 0 Å². The molecule has 1 aliphatic heterocycles. The summed E-state index contributed by atoms with van der Waals surface area (Å²) in [5.74, 6) is 1.23. The van der Waals surface area contributed by atoms with Crippen molar-refractivity contribution in [3.05, 3.63) is 54.4 Å². The van der Waals surface area contributed by atoms with Gasteiger partial charge in [-0.2, -0.15) is 0 Å². The third-order valence-corrected chi connectivity index (χ3v) is 6.01. The zero-order valence-corrected chi connectivity index (χ0v) is 16.9. The van der Waals surface area contributed by atoms with Crippen LogP contribution in [0, 0.1) is 11.8 Å². The van der Waals surface area contributed by atoms with Crippen molar-refractivity contribution in [3.8, 4) is 11.1 Å². The lowest BCUT2D eigenvalue weighted by atomic mass is 9.91. The zero-order chi connectivity index (χ0) is 19.3. The molecule has 0 bridgehead atoms. The molecule has 2 heterocycles. The molecule has 1 unspecified atom stereocenters. The summed E-state index contributed by atoms with van der Waals surface area (Å²) in [6.45, 7) is 6.98. The van der Waals surface area contributed by atoms with Crippen LogP contribution in [0.15, 0.2) is 48.8 Å². The molecule has 1 aromatic carbocycles. The molecular formula is C24H31N3O. The Morgan fingerprint density at radius 3 is 2.61 bits per heavy atom. The number of benzene rings is 1. The van der Waals surface area contributed by atoms with Crippen molar-refractivity contribution in [1.82, 2.24) is 14.8 Å². The second-order valence-electron chi connectivity index (χ2n) is 8.32. The Bertz CT molecular complexity index is 787. The van der Waals surface area contributed by atoms with E-state index in [1.165, 1.54) is 29.5 Å². The first-order chi connectivity index (χ1) is 13.7. The van der Waals surface area contributed by atoms with Gasteiger partial charge in [-0.25, -0.2) is 0 Å². The van der Waals surface area contributed by atoms with Crippen molar-refractivity contribution in [2.45, 2.75) is 32.6 Å². The lowest BCUT2D eigenvalue weighted by Gasteiger charge is -2.24. The first-order valence-corrected chi connectivity index (χ1v) is 10.7. The molecular weight excluding hydrogens is 346 g/mol. The molecule has 2 aromatic rings. The summed E-state index contributed by atoms with van der Waals surface area (Å²) in [5, 5.41) is 0. The maximum absolute atomic E-state index is 13.3. The monoisotopic (exact) mass is 377 g/mol. The Kier molecular flexibility index (Phi) is 6.06. The fraction of sp³-hybridized carbons (Fsp3) is 0.500. The van der Waals surface area contributed by atoms with Gasteiger partial charge < -0.3 is 9.80 Å².